The molecule has 0 atom stereocenters. The van der Waals surface area contributed by atoms with Crippen LogP contribution < -0.4 is 11.1 Å². The lowest BCUT2D eigenvalue weighted by atomic mass is 10.1. The molecule has 94 valence electrons. The van der Waals surface area contributed by atoms with Crippen LogP contribution in [-0.4, -0.2) is 19.1 Å². The van der Waals surface area contributed by atoms with Gasteiger partial charge in [-0.25, -0.2) is 0 Å². The molecule has 1 amide bonds. The van der Waals surface area contributed by atoms with Crippen molar-refractivity contribution in [1.29, 1.82) is 0 Å². The number of halogens is 1. The number of anilines is 2. The van der Waals surface area contributed by atoms with Crippen LogP contribution in [0, 0.1) is 6.92 Å². The number of benzene rings is 1. The van der Waals surface area contributed by atoms with Crippen LogP contribution in [0.2, 0.25) is 5.02 Å². The number of amides is 1. The maximum Gasteiger partial charge on any atom is 0.226 e. The molecule has 1 aromatic carbocycles. The van der Waals surface area contributed by atoms with Crippen molar-refractivity contribution in [2.24, 2.45) is 0 Å². The summed E-state index contributed by atoms with van der Waals surface area (Å²) in [6.45, 7) is 4.79. The third-order valence-corrected chi connectivity index (χ3v) is 2.62. The number of hydrogen-bond donors (Lipinski definition) is 2. The number of nitrogen functional groups attached to an aromatic ring is 1. The number of carbonyl (C=O) groups is 1. The first-order valence-corrected chi connectivity index (χ1v) is 5.85. The van der Waals surface area contributed by atoms with Gasteiger partial charge in [-0.15, -0.1) is 0 Å². The van der Waals surface area contributed by atoms with Gasteiger partial charge in [-0.05, 0) is 31.5 Å². The van der Waals surface area contributed by atoms with Crippen molar-refractivity contribution in [3.8, 4) is 0 Å². The summed E-state index contributed by atoms with van der Waals surface area (Å²) in [4.78, 5) is 11.6. The third kappa shape index (κ3) is 4.24. The molecule has 0 aromatic heterocycles. The van der Waals surface area contributed by atoms with Crippen LogP contribution in [0.15, 0.2) is 12.1 Å². The van der Waals surface area contributed by atoms with Crippen molar-refractivity contribution in [2.75, 3.05) is 24.3 Å². The molecule has 0 spiro atoms. The van der Waals surface area contributed by atoms with Crippen molar-refractivity contribution in [3.63, 3.8) is 0 Å². The molecular weight excluding hydrogens is 240 g/mol. The summed E-state index contributed by atoms with van der Waals surface area (Å²) in [7, 11) is 0. The van der Waals surface area contributed by atoms with Gasteiger partial charge in [0.25, 0.3) is 0 Å². The lowest BCUT2D eigenvalue weighted by Gasteiger charge is -2.10. The second-order valence-electron chi connectivity index (χ2n) is 3.68. The summed E-state index contributed by atoms with van der Waals surface area (Å²) in [6.07, 6.45) is 0.329. The highest BCUT2D eigenvalue weighted by molar-refractivity contribution is 6.33. The lowest BCUT2D eigenvalue weighted by molar-refractivity contribution is -0.117. The molecule has 0 aliphatic carbocycles. The first kappa shape index (κ1) is 13.8. The Labute approximate surface area is 106 Å². The quantitative estimate of drug-likeness (QED) is 0.629. The smallest absolute Gasteiger partial charge is 0.226 e. The van der Waals surface area contributed by atoms with E-state index in [2.05, 4.69) is 5.32 Å². The van der Waals surface area contributed by atoms with Gasteiger partial charge >= 0.3 is 0 Å². The van der Waals surface area contributed by atoms with E-state index in [1.54, 1.807) is 12.1 Å². The minimum absolute atomic E-state index is 0.0950. The average Bonchev–Trinajstić information content (AvgIpc) is 2.26. The van der Waals surface area contributed by atoms with Crippen LogP contribution in [0.1, 0.15) is 18.9 Å². The summed E-state index contributed by atoms with van der Waals surface area (Å²) < 4.78 is 5.11. The zero-order valence-corrected chi connectivity index (χ0v) is 10.8. The van der Waals surface area contributed by atoms with Crippen LogP contribution in [0.5, 0.6) is 0 Å². The predicted molar refractivity (Wildman–Crippen MR) is 70.3 cm³/mol. The molecule has 1 aromatic rings. The highest BCUT2D eigenvalue weighted by Gasteiger charge is 2.07. The van der Waals surface area contributed by atoms with Gasteiger partial charge in [0, 0.05) is 12.3 Å². The Morgan fingerprint density at radius 3 is 2.88 bits per heavy atom. The van der Waals surface area contributed by atoms with Gasteiger partial charge in [-0.2, -0.15) is 0 Å². The van der Waals surface area contributed by atoms with E-state index in [1.165, 1.54) is 0 Å². The molecule has 0 aliphatic heterocycles. The van der Waals surface area contributed by atoms with Gasteiger partial charge in [0.05, 0.1) is 23.7 Å². The zero-order chi connectivity index (χ0) is 12.8. The molecule has 0 unspecified atom stereocenters. The first-order chi connectivity index (χ1) is 8.04. The molecule has 3 N–H and O–H groups in total. The highest BCUT2D eigenvalue weighted by atomic mass is 35.5. The van der Waals surface area contributed by atoms with Crippen LogP contribution in [-0.2, 0) is 9.53 Å². The number of nitrogens with two attached hydrogens (primary N) is 1. The fourth-order valence-electron chi connectivity index (χ4n) is 1.36. The molecule has 1 rings (SSSR count). The van der Waals surface area contributed by atoms with Crippen LogP contribution >= 0.6 is 11.6 Å². The van der Waals surface area contributed by atoms with E-state index < -0.39 is 0 Å². The number of rotatable bonds is 5. The molecule has 17 heavy (non-hydrogen) atoms. The number of ether oxygens (including phenoxy) is 1. The van der Waals surface area contributed by atoms with Crippen molar-refractivity contribution >= 4 is 28.9 Å². The van der Waals surface area contributed by atoms with Crippen LogP contribution in [0.25, 0.3) is 0 Å². The molecular formula is C12H17ClN2O2. The molecule has 0 saturated carbocycles. The molecule has 0 heterocycles. The van der Waals surface area contributed by atoms with Crippen molar-refractivity contribution in [1.82, 2.24) is 0 Å². The summed E-state index contributed by atoms with van der Waals surface area (Å²) in [6, 6.07) is 3.39. The van der Waals surface area contributed by atoms with Gasteiger partial charge < -0.3 is 15.8 Å². The highest BCUT2D eigenvalue weighted by Crippen LogP contribution is 2.26. The van der Waals surface area contributed by atoms with Crippen molar-refractivity contribution < 1.29 is 9.53 Å². The number of carbonyl (C=O) groups excluding carboxylic acids is 1. The monoisotopic (exact) mass is 256 g/mol. The summed E-state index contributed by atoms with van der Waals surface area (Å²) in [5, 5.41) is 3.22. The number of hydrogen-bond acceptors (Lipinski definition) is 3. The summed E-state index contributed by atoms with van der Waals surface area (Å²) >= 11 is 5.90. The topological polar surface area (TPSA) is 64.3 Å². The van der Waals surface area contributed by atoms with E-state index in [4.69, 9.17) is 22.1 Å². The Balaban J connectivity index is 2.62. The second kappa shape index (κ2) is 6.47. The number of nitrogens with one attached hydrogen (secondary N) is 1. The Kier molecular flexibility index (Phi) is 5.25. The second-order valence-corrected chi connectivity index (χ2v) is 4.09. The normalized spacial score (nSPS) is 10.3. The fourth-order valence-corrected chi connectivity index (χ4v) is 1.52. The lowest BCUT2D eigenvalue weighted by Crippen LogP contribution is -2.15. The third-order valence-electron chi connectivity index (χ3n) is 2.30. The van der Waals surface area contributed by atoms with Gasteiger partial charge in [0.1, 0.15) is 0 Å². The maximum atomic E-state index is 11.6. The minimum Gasteiger partial charge on any atom is -0.398 e. The fraction of sp³-hybridized carbons (Fsp3) is 0.417. The van der Waals surface area contributed by atoms with E-state index in [1.807, 2.05) is 13.8 Å². The molecule has 0 fully saturated rings. The minimum atomic E-state index is -0.0950. The SMILES string of the molecule is CCOCCC(=O)Nc1cc(Cl)c(N)cc1C. The summed E-state index contributed by atoms with van der Waals surface area (Å²) in [5.41, 5.74) is 7.74. The summed E-state index contributed by atoms with van der Waals surface area (Å²) in [5.74, 6) is -0.0950. The molecule has 0 bridgehead atoms. The van der Waals surface area contributed by atoms with E-state index in [-0.39, 0.29) is 5.91 Å². The van der Waals surface area contributed by atoms with Gasteiger partial charge in [-0.1, -0.05) is 11.6 Å². The first-order valence-electron chi connectivity index (χ1n) is 5.47. The Morgan fingerprint density at radius 2 is 2.24 bits per heavy atom. The van der Waals surface area contributed by atoms with Gasteiger partial charge in [0.15, 0.2) is 0 Å². The Bertz CT molecular complexity index is 408. The molecule has 0 radical (unpaired) electrons. The van der Waals surface area contributed by atoms with E-state index in [0.29, 0.717) is 36.0 Å². The zero-order valence-electron chi connectivity index (χ0n) is 10.0. The average molecular weight is 257 g/mol. The van der Waals surface area contributed by atoms with Gasteiger partial charge in [0.2, 0.25) is 5.91 Å². The van der Waals surface area contributed by atoms with Crippen molar-refractivity contribution in [3.05, 3.63) is 22.7 Å². The largest absolute Gasteiger partial charge is 0.398 e. The molecule has 0 aliphatic rings. The maximum absolute atomic E-state index is 11.6. The van der Waals surface area contributed by atoms with Crippen LogP contribution in [0.3, 0.4) is 0 Å². The predicted octanol–water partition coefficient (Wildman–Crippen LogP) is 2.60. The van der Waals surface area contributed by atoms with Crippen molar-refractivity contribution in [2.45, 2.75) is 20.3 Å². The molecule has 0 saturated heterocycles. The Morgan fingerprint density at radius 1 is 1.53 bits per heavy atom. The van der Waals surface area contributed by atoms with E-state index in [0.717, 1.165) is 5.56 Å². The Hall–Kier alpha value is -1.26. The van der Waals surface area contributed by atoms with E-state index >= 15 is 0 Å². The standard InChI is InChI=1S/C12H17ClN2O2/c1-3-17-5-4-12(16)15-11-7-9(13)10(14)6-8(11)2/h6-7H,3-5,14H2,1-2H3,(H,15,16). The molecule has 5 heteroatoms. The number of aryl methyl sites for hydroxylation is 1. The van der Waals surface area contributed by atoms with Crippen LogP contribution in [0.4, 0.5) is 11.4 Å². The molecule has 4 nitrogen and oxygen atoms in total. The van der Waals surface area contributed by atoms with E-state index in [9.17, 15) is 4.79 Å². The van der Waals surface area contributed by atoms with Gasteiger partial charge in [-0.3, -0.25) is 4.79 Å².